The van der Waals surface area contributed by atoms with E-state index < -0.39 is 5.41 Å². The third kappa shape index (κ3) is 5.65. The maximum absolute atomic E-state index is 5.08. The minimum atomic E-state index is -0.693. The second kappa shape index (κ2) is 14.8. The van der Waals surface area contributed by atoms with Crippen LogP contribution in [0.15, 0.2) is 170 Å². The largest absolute Gasteiger partial charge is 2.00 e. The van der Waals surface area contributed by atoms with Crippen molar-refractivity contribution in [2.75, 3.05) is 16.5 Å². The molecular formula is C55H44N4Pt. The second-order valence-corrected chi connectivity index (χ2v) is 16.5. The number of nitrogens with zero attached hydrogens (tertiary/aromatic N) is 4. The SMILES string of the molecule is CC(C)c1ccccc1-c1ccnc(-n2c3[c-]c(C4(c5[c-]c(N6CN(C(C)C)c7ccccc76)ccc5)c5ccccc5-c5ccccc54)ccc3c3ccccc32)c1.[Pt+2]. The molecule has 0 radical (unpaired) electrons. The molecule has 2 aliphatic rings. The summed E-state index contributed by atoms with van der Waals surface area (Å²) in [5, 5.41) is 2.33. The van der Waals surface area contributed by atoms with E-state index in [9.17, 15) is 0 Å². The molecule has 3 heterocycles. The molecular weight excluding hydrogens is 912 g/mol. The number of para-hydroxylation sites is 3. The van der Waals surface area contributed by atoms with Crippen molar-refractivity contribution >= 4 is 38.9 Å². The zero-order valence-electron chi connectivity index (χ0n) is 34.1. The van der Waals surface area contributed by atoms with Gasteiger partial charge in [-0.15, -0.1) is 22.6 Å². The third-order valence-electron chi connectivity index (χ3n) is 12.7. The molecule has 0 spiro atoms. The van der Waals surface area contributed by atoms with Gasteiger partial charge in [-0.25, -0.2) is 4.98 Å². The third-order valence-corrected chi connectivity index (χ3v) is 12.7. The molecule has 7 aromatic carbocycles. The van der Waals surface area contributed by atoms with Crippen LogP contribution in [0, 0.1) is 12.1 Å². The Labute approximate surface area is 367 Å². The summed E-state index contributed by atoms with van der Waals surface area (Å²) in [6, 6.07) is 68.3. The summed E-state index contributed by atoms with van der Waals surface area (Å²) in [5.74, 6) is 1.27. The molecule has 0 fully saturated rings. The molecule has 60 heavy (non-hydrogen) atoms. The van der Waals surface area contributed by atoms with Crippen molar-refractivity contribution in [3.63, 3.8) is 0 Å². The molecule has 0 unspecified atom stereocenters. The molecule has 5 heteroatoms. The summed E-state index contributed by atoms with van der Waals surface area (Å²) in [7, 11) is 0. The smallest absolute Gasteiger partial charge is 0.349 e. The van der Waals surface area contributed by atoms with Crippen molar-refractivity contribution in [3.8, 4) is 28.1 Å². The summed E-state index contributed by atoms with van der Waals surface area (Å²) in [5.41, 5.74) is 15.8. The Hall–Kier alpha value is -6.22. The maximum atomic E-state index is 5.08. The molecule has 1 aliphatic heterocycles. The average molecular weight is 956 g/mol. The van der Waals surface area contributed by atoms with Crippen molar-refractivity contribution in [3.05, 3.63) is 210 Å². The van der Waals surface area contributed by atoms with Crippen LogP contribution in [-0.2, 0) is 26.5 Å². The Balaban J connectivity index is 0.00000433. The number of rotatable bonds is 7. The van der Waals surface area contributed by atoms with E-state index in [0.29, 0.717) is 12.0 Å². The van der Waals surface area contributed by atoms with Gasteiger partial charge in [-0.3, -0.25) is 0 Å². The topological polar surface area (TPSA) is 24.3 Å². The Morgan fingerprint density at radius 2 is 1.23 bits per heavy atom. The Bertz CT molecular complexity index is 3040. The van der Waals surface area contributed by atoms with Gasteiger partial charge in [0.05, 0.1) is 18.0 Å². The van der Waals surface area contributed by atoms with Gasteiger partial charge in [-0.05, 0) is 94.4 Å². The van der Waals surface area contributed by atoms with E-state index in [4.69, 9.17) is 4.98 Å². The van der Waals surface area contributed by atoms with E-state index in [-0.39, 0.29) is 21.1 Å². The van der Waals surface area contributed by atoms with Crippen LogP contribution in [0.2, 0.25) is 0 Å². The summed E-state index contributed by atoms with van der Waals surface area (Å²) in [4.78, 5) is 9.96. The predicted octanol–water partition coefficient (Wildman–Crippen LogP) is 13.3. The fourth-order valence-corrected chi connectivity index (χ4v) is 10.0. The molecule has 0 saturated heterocycles. The minimum Gasteiger partial charge on any atom is -0.349 e. The standard InChI is InChI=1S/C55H44N4.Pt/c1-36(2)42-18-5-6-19-43(42)38-30-31-56-54(32-38)59-50-25-12-9-22-46(50)47-29-28-40(34-53(47)59)55(48-23-10-7-20-44(48)45-21-8-11-24-49(45)55)39-16-15-17-41(33-39)58-35-57(37(3)4)51-26-13-14-27-52(51)58;/h5-32,36-37H,35H2,1-4H3;/q-2;+2. The van der Waals surface area contributed by atoms with Gasteiger partial charge < -0.3 is 14.4 Å². The van der Waals surface area contributed by atoms with Gasteiger partial charge in [-0.2, -0.15) is 36.4 Å². The number of hydrogen-bond acceptors (Lipinski definition) is 3. The van der Waals surface area contributed by atoms with E-state index in [1.165, 1.54) is 50.1 Å². The van der Waals surface area contributed by atoms with Crippen LogP contribution in [0.4, 0.5) is 17.1 Å². The molecule has 0 saturated carbocycles. The number of benzene rings is 7. The molecule has 9 aromatic rings. The van der Waals surface area contributed by atoms with Crippen LogP contribution < -0.4 is 9.80 Å². The molecule has 0 N–H and O–H groups in total. The molecule has 4 nitrogen and oxygen atoms in total. The fraction of sp³-hybridized carbons (Fsp3) is 0.145. The van der Waals surface area contributed by atoms with Crippen LogP contribution in [0.25, 0.3) is 49.9 Å². The first-order chi connectivity index (χ1) is 28.9. The predicted molar refractivity (Wildman–Crippen MR) is 244 cm³/mol. The van der Waals surface area contributed by atoms with Gasteiger partial charge in [0.1, 0.15) is 5.82 Å². The first-order valence-electron chi connectivity index (χ1n) is 20.8. The Morgan fingerprint density at radius 1 is 0.583 bits per heavy atom. The Morgan fingerprint density at radius 3 is 1.98 bits per heavy atom. The zero-order valence-corrected chi connectivity index (χ0v) is 36.4. The summed E-state index contributed by atoms with van der Waals surface area (Å²) in [6.07, 6.45) is 1.95. The molecule has 0 bridgehead atoms. The summed E-state index contributed by atoms with van der Waals surface area (Å²) < 4.78 is 2.32. The van der Waals surface area contributed by atoms with Gasteiger partial charge in [0.15, 0.2) is 0 Å². The first-order valence-corrected chi connectivity index (χ1v) is 20.8. The molecule has 11 rings (SSSR count). The van der Waals surface area contributed by atoms with Gasteiger partial charge >= 0.3 is 21.1 Å². The van der Waals surface area contributed by atoms with E-state index >= 15 is 0 Å². The molecule has 1 aliphatic carbocycles. The van der Waals surface area contributed by atoms with Gasteiger partial charge in [0, 0.05) is 23.2 Å². The van der Waals surface area contributed by atoms with Crippen LogP contribution in [0.3, 0.4) is 0 Å². The van der Waals surface area contributed by atoms with Gasteiger partial charge in [0.2, 0.25) is 0 Å². The van der Waals surface area contributed by atoms with Crippen LogP contribution >= 0.6 is 0 Å². The van der Waals surface area contributed by atoms with E-state index in [1.807, 2.05) is 6.20 Å². The van der Waals surface area contributed by atoms with Crippen molar-refractivity contribution < 1.29 is 21.1 Å². The fourth-order valence-electron chi connectivity index (χ4n) is 10.0. The van der Waals surface area contributed by atoms with E-state index in [1.54, 1.807) is 0 Å². The van der Waals surface area contributed by atoms with Crippen molar-refractivity contribution in [2.24, 2.45) is 0 Å². The number of hydrogen-bond donors (Lipinski definition) is 0. The van der Waals surface area contributed by atoms with Crippen LogP contribution in [0.5, 0.6) is 0 Å². The maximum Gasteiger partial charge on any atom is 2.00 e. The quantitative estimate of drug-likeness (QED) is 0.149. The molecule has 294 valence electrons. The normalized spacial score (nSPS) is 13.8. The number of pyridine rings is 1. The molecule has 0 atom stereocenters. The average Bonchev–Trinajstić information content (AvgIpc) is 3.93. The van der Waals surface area contributed by atoms with Crippen molar-refractivity contribution in [1.82, 2.24) is 9.55 Å². The van der Waals surface area contributed by atoms with Gasteiger partial charge in [-0.1, -0.05) is 128 Å². The molecule has 2 aromatic heterocycles. The van der Waals surface area contributed by atoms with Gasteiger partial charge in [0.25, 0.3) is 0 Å². The minimum absolute atomic E-state index is 0. The second-order valence-electron chi connectivity index (χ2n) is 16.5. The van der Waals surface area contributed by atoms with Crippen LogP contribution in [0.1, 0.15) is 61.4 Å². The Kier molecular flexibility index (Phi) is 9.38. The van der Waals surface area contributed by atoms with Crippen molar-refractivity contribution in [2.45, 2.75) is 45.1 Å². The number of anilines is 3. The number of aromatic nitrogens is 2. The zero-order chi connectivity index (χ0) is 39.8. The van der Waals surface area contributed by atoms with Crippen LogP contribution in [-0.4, -0.2) is 22.3 Å². The van der Waals surface area contributed by atoms with Crippen molar-refractivity contribution in [1.29, 1.82) is 0 Å². The number of fused-ring (bicyclic) bond motifs is 7. The first kappa shape index (κ1) is 38.0. The summed E-state index contributed by atoms with van der Waals surface area (Å²) >= 11 is 0. The molecule has 0 amide bonds. The summed E-state index contributed by atoms with van der Waals surface area (Å²) in [6.45, 7) is 9.82. The monoisotopic (exact) mass is 955 g/mol. The van der Waals surface area contributed by atoms with E-state index in [0.717, 1.165) is 51.3 Å². The van der Waals surface area contributed by atoms with E-state index in [2.05, 4.69) is 218 Å².